The van der Waals surface area contributed by atoms with Crippen LogP contribution in [0, 0.1) is 59.2 Å². The summed E-state index contributed by atoms with van der Waals surface area (Å²) in [4.78, 5) is 178. The number of allylic oxidation sites excluding steroid dienone is 2. The average Bonchev–Trinajstić information content (AvgIpc) is 0.811. The van der Waals surface area contributed by atoms with Gasteiger partial charge in [-0.15, -0.1) is 0 Å². The third-order valence-electron chi connectivity index (χ3n) is 20.4. The maximum absolute atomic E-state index is 15.4. The van der Waals surface area contributed by atoms with Gasteiger partial charge in [-0.3, -0.25) is 57.6 Å². The molecule has 23 heteroatoms. The quantitative estimate of drug-likeness (QED) is 0.170. The number of hydrogen-bond donors (Lipinski definition) is 2. The molecule has 3 rings (SSSR count). The van der Waals surface area contributed by atoms with Crippen LogP contribution in [0.15, 0.2) is 12.2 Å². The molecule has 14 atom stereocenters. The van der Waals surface area contributed by atoms with Crippen LogP contribution in [0.2, 0.25) is 0 Å². The zero-order valence-corrected chi connectivity index (χ0v) is 62.7. The predicted octanol–water partition coefficient (Wildman–Crippen LogP) is 5.54. The van der Waals surface area contributed by atoms with Gasteiger partial charge in [-0.1, -0.05) is 116 Å². The van der Waals surface area contributed by atoms with Crippen molar-refractivity contribution in [2.45, 2.75) is 230 Å². The average molecular weight is 1340 g/mol. The second-order valence-electron chi connectivity index (χ2n) is 30.2. The van der Waals surface area contributed by atoms with Crippen LogP contribution in [0.4, 0.5) is 0 Å². The van der Waals surface area contributed by atoms with E-state index >= 15 is 33.6 Å². The lowest BCUT2D eigenvalue weighted by Crippen LogP contribution is -2.63. The van der Waals surface area contributed by atoms with Gasteiger partial charge in [0.25, 0.3) is 0 Å². The normalized spacial score (nSPS) is 29.0. The molecule has 0 aliphatic carbocycles. The van der Waals surface area contributed by atoms with Gasteiger partial charge in [-0.2, -0.15) is 0 Å². The molecule has 0 bridgehead atoms. The number of nitrogens with zero attached hydrogens (tertiary/aromatic N) is 9. The Morgan fingerprint density at radius 2 is 0.979 bits per heavy atom. The number of hydrogen-bond acceptors (Lipinski definition) is 15. The monoisotopic (exact) mass is 1340 g/mol. The lowest BCUT2D eigenvalue weighted by Gasteiger charge is -2.44. The minimum atomic E-state index is -1.61. The second kappa shape index (κ2) is 37.9. The first-order chi connectivity index (χ1) is 44.2. The third-order valence-corrected chi connectivity index (χ3v) is 20.4. The standard InChI is InChI=1S/C72H126N10O13/c1-25-27-28-47(13)64(86)63-65(87)73-54(26-2)69(91)74(18)51(17)67(89)79(23)62(50(16)39-81-29-31-82(32-30-81)52-40-95-41-52)60(85)38-53(45(9)10)68(90)75(19)55(33-42(3)4)59(84)36-48(14)58(83)37-49(15)66(88)76(20)56(34-43(5)6)70(92)77(21)57(35-44(7)8)71(93)78(22)61(46(11)12)72(94)80(63)24/h25,27,42-57,61-64,86H,26,28-41H2,1-24H3,(H,73,87)/b27-25+/t47-,48-,49+,50+,51-,53+,54+,55+,56+,57+,61+,62+,63+,64-/m1/s1. The largest absolute Gasteiger partial charge is 0.390 e. The SMILES string of the molecule is C/C=C/C[C@@H](C)[C@@H](O)[C@H]1C(=O)N[C@@H](CC)C(=O)N(C)[C@H](C)C(=O)N(C)[C@@H]([C@@H](C)CN2CCN(C3COC3)CC2)C(=O)C[C@@H](C(C)C)C(=O)N(C)[C@@H](CC(C)C)C(=O)C[C@@H](C)C(=O)C[C@H](C)C(=O)N(C)[C@@H](CC(C)C)C(=O)N(C)[C@@H](CC(C)C)C(=O)N(C)[C@@H](C(C)C)C(=O)N1C. The number of likely N-dealkylation sites (N-methyl/N-ethyl adjacent to an activating group) is 7. The van der Waals surface area contributed by atoms with Crippen LogP contribution >= 0.6 is 0 Å². The van der Waals surface area contributed by atoms with Crippen LogP contribution in [-0.4, -0.2) is 270 Å². The number of Topliss-reactive ketones (excluding diaryl/α,β-unsaturated/α-hetero) is 3. The van der Waals surface area contributed by atoms with Crippen molar-refractivity contribution in [3.8, 4) is 0 Å². The van der Waals surface area contributed by atoms with E-state index in [2.05, 4.69) is 15.1 Å². The lowest BCUT2D eigenvalue weighted by molar-refractivity contribution is -0.157. The van der Waals surface area contributed by atoms with Crippen molar-refractivity contribution in [3.63, 3.8) is 0 Å². The molecule has 2 N–H and O–H groups in total. The number of rotatable bonds is 17. The number of carbonyl (C=O) groups is 11. The van der Waals surface area contributed by atoms with Crippen LogP contribution in [0.25, 0.3) is 0 Å². The van der Waals surface area contributed by atoms with Gasteiger partial charge >= 0.3 is 0 Å². The first-order valence-electron chi connectivity index (χ1n) is 35.3. The molecule has 3 heterocycles. The number of aliphatic hydroxyl groups excluding tert-OH is 1. The van der Waals surface area contributed by atoms with Crippen molar-refractivity contribution in [1.29, 1.82) is 0 Å². The van der Waals surface area contributed by atoms with E-state index in [0.717, 1.165) is 18.0 Å². The summed E-state index contributed by atoms with van der Waals surface area (Å²) in [6, 6.07) is -9.29. The van der Waals surface area contributed by atoms with E-state index in [1.807, 2.05) is 75.3 Å². The molecule has 0 radical (unpaired) electrons. The summed E-state index contributed by atoms with van der Waals surface area (Å²) in [6.07, 6.45) is 2.31. The Morgan fingerprint density at radius 1 is 0.505 bits per heavy atom. The Balaban J connectivity index is 2.33. The fraction of sp³-hybridized carbons (Fsp3) is 0.819. The fourth-order valence-electron chi connectivity index (χ4n) is 13.9. The molecule has 0 aromatic carbocycles. The summed E-state index contributed by atoms with van der Waals surface area (Å²) < 4.78 is 5.47. The summed E-state index contributed by atoms with van der Waals surface area (Å²) in [6.45, 7) is 35.3. The van der Waals surface area contributed by atoms with Crippen molar-refractivity contribution >= 4 is 64.6 Å². The van der Waals surface area contributed by atoms with Crippen molar-refractivity contribution < 1.29 is 62.6 Å². The number of ketones is 3. The molecule has 8 amide bonds. The lowest BCUT2D eigenvalue weighted by atomic mass is 9.83. The van der Waals surface area contributed by atoms with E-state index in [0.29, 0.717) is 45.3 Å². The van der Waals surface area contributed by atoms with E-state index in [4.69, 9.17) is 4.74 Å². The first kappa shape index (κ1) is 83.6. The zero-order valence-electron chi connectivity index (χ0n) is 62.7. The summed E-state index contributed by atoms with van der Waals surface area (Å²) in [5.41, 5.74) is 0. The topological polar surface area (TPSA) is 258 Å². The molecule has 95 heavy (non-hydrogen) atoms. The van der Waals surface area contributed by atoms with Gasteiger partial charge in [0.1, 0.15) is 42.0 Å². The van der Waals surface area contributed by atoms with E-state index in [-0.39, 0.29) is 80.0 Å². The van der Waals surface area contributed by atoms with Gasteiger partial charge < -0.3 is 54.4 Å². The van der Waals surface area contributed by atoms with Gasteiger partial charge in [0.05, 0.1) is 37.4 Å². The minimum Gasteiger partial charge on any atom is -0.390 e. The van der Waals surface area contributed by atoms with Crippen molar-refractivity contribution in [3.05, 3.63) is 12.2 Å². The number of carbonyl (C=O) groups excluding carboxylic acids is 11. The molecule has 3 saturated heterocycles. The predicted molar refractivity (Wildman–Crippen MR) is 369 cm³/mol. The fourth-order valence-corrected chi connectivity index (χ4v) is 13.9. The third kappa shape index (κ3) is 22.2. The molecular formula is C72H126N10O13. The van der Waals surface area contributed by atoms with Gasteiger partial charge in [-0.25, -0.2) is 0 Å². The zero-order chi connectivity index (χ0) is 72.5. The molecule has 0 unspecified atom stereocenters. The van der Waals surface area contributed by atoms with Crippen LogP contribution in [0.3, 0.4) is 0 Å². The summed E-state index contributed by atoms with van der Waals surface area (Å²) >= 11 is 0. The van der Waals surface area contributed by atoms with Crippen molar-refractivity contribution in [1.82, 2.24) is 49.4 Å². The Labute approximate surface area is 570 Å². The molecule has 0 aromatic rings. The van der Waals surface area contributed by atoms with E-state index in [1.54, 1.807) is 54.7 Å². The molecule has 3 fully saturated rings. The van der Waals surface area contributed by atoms with Crippen LogP contribution in [-0.2, 0) is 57.5 Å². The number of nitrogens with one attached hydrogen (secondary N) is 1. The maximum atomic E-state index is 15.4. The highest BCUT2D eigenvalue weighted by Crippen LogP contribution is 2.30. The van der Waals surface area contributed by atoms with Crippen LogP contribution < -0.4 is 5.32 Å². The smallest absolute Gasteiger partial charge is 0.246 e. The molecule has 3 aliphatic rings. The highest BCUT2D eigenvalue weighted by atomic mass is 16.5. The highest BCUT2D eigenvalue weighted by Gasteiger charge is 2.47. The molecule has 542 valence electrons. The van der Waals surface area contributed by atoms with Gasteiger partial charge in [0.15, 0.2) is 11.6 Å². The van der Waals surface area contributed by atoms with E-state index in [9.17, 15) is 24.3 Å². The Hall–Kier alpha value is -5.65. The van der Waals surface area contributed by atoms with Gasteiger partial charge in [0, 0.05) is 119 Å². The first-order valence-corrected chi connectivity index (χ1v) is 35.3. The second-order valence-corrected chi connectivity index (χ2v) is 30.2. The molecule has 23 nitrogen and oxygen atoms in total. The van der Waals surface area contributed by atoms with E-state index < -0.39 is 143 Å². The van der Waals surface area contributed by atoms with Crippen molar-refractivity contribution in [2.24, 2.45) is 59.2 Å². The van der Waals surface area contributed by atoms with Crippen LogP contribution in [0.1, 0.15) is 169 Å². The molecule has 0 aromatic heterocycles. The van der Waals surface area contributed by atoms with Gasteiger partial charge in [-0.05, 0) is 87.4 Å². The number of amides is 8. The summed E-state index contributed by atoms with van der Waals surface area (Å²) in [7, 11) is 10.4. The number of piperazine rings is 1. The molecule has 0 spiro atoms. The maximum Gasteiger partial charge on any atom is 0.246 e. The Kier molecular flexibility index (Phi) is 33.4. The Bertz CT molecular complexity index is 2640. The molecule has 0 saturated carbocycles. The van der Waals surface area contributed by atoms with Crippen LogP contribution in [0.5, 0.6) is 0 Å². The molecule has 3 aliphatic heterocycles. The highest BCUT2D eigenvalue weighted by molar-refractivity contribution is 6.00. The number of ether oxygens (including phenoxy) is 1. The van der Waals surface area contributed by atoms with Gasteiger partial charge in [0.2, 0.25) is 47.3 Å². The Morgan fingerprint density at radius 3 is 1.45 bits per heavy atom. The number of aliphatic hydroxyl groups is 1. The summed E-state index contributed by atoms with van der Waals surface area (Å²) in [5.74, 6) is -11.1. The molecular weight excluding hydrogens is 1210 g/mol. The van der Waals surface area contributed by atoms with E-state index in [1.165, 1.54) is 78.6 Å². The summed E-state index contributed by atoms with van der Waals surface area (Å²) in [5, 5.41) is 15.1. The minimum absolute atomic E-state index is 0.0234. The van der Waals surface area contributed by atoms with Crippen molar-refractivity contribution in [2.75, 3.05) is 95.3 Å².